The Balaban J connectivity index is 0.00000208. The Labute approximate surface area is 160 Å². The van der Waals surface area contributed by atoms with E-state index in [1.54, 1.807) is 6.33 Å². The number of halogens is 1. The molecule has 3 rings (SSSR count). The van der Waals surface area contributed by atoms with Gasteiger partial charge in [-0.3, -0.25) is 4.99 Å². The van der Waals surface area contributed by atoms with Gasteiger partial charge in [-0.2, -0.15) is 5.10 Å². The number of rotatable bonds is 4. The maximum Gasteiger partial charge on any atom is 0.191 e. The van der Waals surface area contributed by atoms with Crippen LogP contribution < -0.4 is 10.6 Å². The minimum absolute atomic E-state index is 0. The van der Waals surface area contributed by atoms with Gasteiger partial charge >= 0.3 is 0 Å². The van der Waals surface area contributed by atoms with E-state index in [2.05, 4.69) is 56.9 Å². The lowest BCUT2D eigenvalue weighted by atomic mass is 10.1. The van der Waals surface area contributed by atoms with E-state index in [1.807, 2.05) is 11.7 Å². The zero-order valence-electron chi connectivity index (χ0n) is 14.2. The molecule has 0 fully saturated rings. The first-order valence-corrected chi connectivity index (χ1v) is 8.20. The van der Waals surface area contributed by atoms with E-state index in [4.69, 9.17) is 0 Å². The molecule has 0 amide bonds. The normalized spacial score (nSPS) is 16.9. The summed E-state index contributed by atoms with van der Waals surface area (Å²) in [5.41, 5.74) is 2.69. The van der Waals surface area contributed by atoms with Crippen LogP contribution in [-0.4, -0.2) is 33.8 Å². The molecule has 0 saturated heterocycles. The van der Waals surface area contributed by atoms with Crippen LogP contribution in [0.5, 0.6) is 0 Å². The van der Waals surface area contributed by atoms with Crippen molar-refractivity contribution in [3.63, 3.8) is 0 Å². The molecule has 6 nitrogen and oxygen atoms in total. The number of aliphatic imine (C=N–C) groups is 1. The third kappa shape index (κ3) is 4.46. The second-order valence-corrected chi connectivity index (χ2v) is 5.79. The van der Waals surface area contributed by atoms with Crippen molar-refractivity contribution in [2.75, 3.05) is 7.05 Å². The average Bonchev–Trinajstić information content (AvgIpc) is 3.06. The largest absolute Gasteiger partial charge is 0.352 e. The summed E-state index contributed by atoms with van der Waals surface area (Å²) < 4.78 is 1.97. The van der Waals surface area contributed by atoms with Crippen LogP contribution in [0.3, 0.4) is 0 Å². The number of benzene rings is 1. The molecular formula is C17H25IN6. The average molecular weight is 440 g/mol. The van der Waals surface area contributed by atoms with E-state index in [-0.39, 0.29) is 24.0 Å². The van der Waals surface area contributed by atoms with Crippen LogP contribution >= 0.6 is 24.0 Å². The van der Waals surface area contributed by atoms with Gasteiger partial charge in [0.25, 0.3) is 0 Å². The van der Waals surface area contributed by atoms with Crippen molar-refractivity contribution >= 4 is 29.9 Å². The van der Waals surface area contributed by atoms with Gasteiger partial charge in [-0.25, -0.2) is 9.67 Å². The molecule has 0 radical (unpaired) electrons. The summed E-state index contributed by atoms with van der Waals surface area (Å²) in [5.74, 6) is 1.91. The first-order valence-electron chi connectivity index (χ1n) is 8.20. The number of hydrogen-bond acceptors (Lipinski definition) is 3. The first-order chi connectivity index (χ1) is 11.3. The minimum Gasteiger partial charge on any atom is -0.352 e. The van der Waals surface area contributed by atoms with E-state index in [0.717, 1.165) is 44.1 Å². The van der Waals surface area contributed by atoms with Crippen molar-refractivity contribution in [2.45, 2.75) is 45.3 Å². The predicted octanol–water partition coefficient (Wildman–Crippen LogP) is 2.14. The standard InChI is InChI=1S/C17H24N6.HI/c1-3-13-6-4-5-7-14(13)10-19-17(18-2)22-15-8-9-16-20-12-21-23(16)11-15;/h4-7,12,15H,3,8-11H2,1-2H3,(H2,18,19,22);1H. The second-order valence-electron chi connectivity index (χ2n) is 5.79. The molecule has 24 heavy (non-hydrogen) atoms. The van der Waals surface area contributed by atoms with Gasteiger partial charge in [0.2, 0.25) is 0 Å². The van der Waals surface area contributed by atoms with Gasteiger partial charge in [-0.1, -0.05) is 31.2 Å². The van der Waals surface area contributed by atoms with Crippen molar-refractivity contribution in [1.29, 1.82) is 0 Å². The van der Waals surface area contributed by atoms with Crippen molar-refractivity contribution in [2.24, 2.45) is 4.99 Å². The molecule has 2 N–H and O–H groups in total. The van der Waals surface area contributed by atoms with E-state index in [1.165, 1.54) is 11.1 Å². The summed E-state index contributed by atoms with van der Waals surface area (Å²) in [6.07, 6.45) is 4.67. The fourth-order valence-electron chi connectivity index (χ4n) is 3.00. The molecular weight excluding hydrogens is 415 g/mol. The summed E-state index contributed by atoms with van der Waals surface area (Å²) in [5, 5.41) is 11.2. The van der Waals surface area contributed by atoms with Crippen LogP contribution in [0.1, 0.15) is 30.3 Å². The minimum atomic E-state index is 0. The molecule has 0 bridgehead atoms. The monoisotopic (exact) mass is 440 g/mol. The number of hydrogen-bond donors (Lipinski definition) is 2. The zero-order valence-corrected chi connectivity index (χ0v) is 16.5. The third-order valence-electron chi connectivity index (χ3n) is 4.32. The van der Waals surface area contributed by atoms with Gasteiger partial charge in [0.15, 0.2) is 5.96 Å². The molecule has 7 heteroatoms. The Morgan fingerprint density at radius 1 is 1.33 bits per heavy atom. The van der Waals surface area contributed by atoms with E-state index < -0.39 is 0 Å². The maximum atomic E-state index is 4.35. The lowest BCUT2D eigenvalue weighted by Gasteiger charge is -2.25. The van der Waals surface area contributed by atoms with Crippen LogP contribution in [-0.2, 0) is 25.9 Å². The predicted molar refractivity (Wildman–Crippen MR) is 107 cm³/mol. The quantitative estimate of drug-likeness (QED) is 0.435. The van der Waals surface area contributed by atoms with Crippen molar-refractivity contribution < 1.29 is 0 Å². The Bertz CT molecular complexity index is 681. The van der Waals surface area contributed by atoms with Crippen LogP contribution in [0.2, 0.25) is 0 Å². The highest BCUT2D eigenvalue weighted by molar-refractivity contribution is 14.0. The molecule has 1 aromatic carbocycles. The number of aryl methyl sites for hydroxylation is 2. The van der Waals surface area contributed by atoms with E-state index in [0.29, 0.717) is 6.04 Å². The highest BCUT2D eigenvalue weighted by Crippen LogP contribution is 2.12. The molecule has 1 aliphatic heterocycles. The summed E-state index contributed by atoms with van der Waals surface area (Å²) in [4.78, 5) is 8.61. The molecule has 1 aromatic heterocycles. The Kier molecular flexibility index (Phi) is 7.01. The first kappa shape index (κ1) is 18.7. The number of nitrogens with zero attached hydrogens (tertiary/aromatic N) is 4. The van der Waals surface area contributed by atoms with Gasteiger partial charge in [-0.15, -0.1) is 24.0 Å². The van der Waals surface area contributed by atoms with Crippen LogP contribution in [0, 0.1) is 0 Å². The summed E-state index contributed by atoms with van der Waals surface area (Å²) in [6, 6.07) is 8.85. The zero-order chi connectivity index (χ0) is 16.1. The molecule has 2 heterocycles. The number of nitrogens with one attached hydrogen (secondary N) is 2. The smallest absolute Gasteiger partial charge is 0.191 e. The second kappa shape index (κ2) is 9.00. The van der Waals surface area contributed by atoms with E-state index >= 15 is 0 Å². The molecule has 0 saturated carbocycles. The molecule has 1 aliphatic rings. The lowest BCUT2D eigenvalue weighted by Crippen LogP contribution is -2.46. The van der Waals surface area contributed by atoms with Crippen LogP contribution in [0.4, 0.5) is 0 Å². The summed E-state index contributed by atoms with van der Waals surface area (Å²) in [6.45, 7) is 3.80. The van der Waals surface area contributed by atoms with Crippen molar-refractivity contribution in [3.8, 4) is 0 Å². The van der Waals surface area contributed by atoms with E-state index in [9.17, 15) is 0 Å². The van der Waals surface area contributed by atoms with Crippen LogP contribution in [0.25, 0.3) is 0 Å². The molecule has 1 unspecified atom stereocenters. The Morgan fingerprint density at radius 3 is 2.88 bits per heavy atom. The topological polar surface area (TPSA) is 67.1 Å². The van der Waals surface area contributed by atoms with Gasteiger partial charge < -0.3 is 10.6 Å². The summed E-state index contributed by atoms with van der Waals surface area (Å²) >= 11 is 0. The molecule has 130 valence electrons. The van der Waals surface area contributed by atoms with Crippen molar-refractivity contribution in [3.05, 3.63) is 47.5 Å². The number of fused-ring (bicyclic) bond motifs is 1. The van der Waals surface area contributed by atoms with Gasteiger partial charge in [0.1, 0.15) is 12.2 Å². The summed E-state index contributed by atoms with van der Waals surface area (Å²) in [7, 11) is 1.81. The van der Waals surface area contributed by atoms with Gasteiger partial charge in [-0.05, 0) is 24.0 Å². The van der Waals surface area contributed by atoms with Gasteiger partial charge in [0, 0.05) is 26.1 Å². The fourth-order valence-corrected chi connectivity index (χ4v) is 3.00. The number of aromatic nitrogens is 3. The highest BCUT2D eigenvalue weighted by Gasteiger charge is 2.20. The highest BCUT2D eigenvalue weighted by atomic mass is 127. The Morgan fingerprint density at radius 2 is 2.12 bits per heavy atom. The third-order valence-corrected chi connectivity index (χ3v) is 4.32. The maximum absolute atomic E-state index is 4.35. The SMILES string of the molecule is CCc1ccccc1CNC(=NC)NC1CCc2ncnn2C1.I. The van der Waals surface area contributed by atoms with Crippen LogP contribution in [0.15, 0.2) is 35.6 Å². The van der Waals surface area contributed by atoms with Gasteiger partial charge in [0.05, 0.1) is 6.54 Å². The molecule has 0 spiro atoms. The molecule has 0 aliphatic carbocycles. The molecule has 2 aromatic rings. The lowest BCUT2D eigenvalue weighted by molar-refractivity contribution is 0.392. The Hall–Kier alpha value is -1.64. The van der Waals surface area contributed by atoms with Crippen molar-refractivity contribution in [1.82, 2.24) is 25.4 Å². The number of guanidine groups is 1. The molecule has 1 atom stereocenters. The fraction of sp³-hybridized carbons (Fsp3) is 0.471.